The van der Waals surface area contributed by atoms with Gasteiger partial charge in [0.15, 0.2) is 0 Å². The predicted molar refractivity (Wildman–Crippen MR) is 162 cm³/mol. The summed E-state index contributed by atoms with van der Waals surface area (Å²) in [4.78, 5) is 49.9. The Morgan fingerprint density at radius 1 is 1.02 bits per heavy atom. The fourth-order valence-corrected chi connectivity index (χ4v) is 5.77. The molecule has 4 aromatic rings. The summed E-state index contributed by atoms with van der Waals surface area (Å²) < 4.78 is 5.29. The Kier molecular flexibility index (Phi) is 9.53. The maximum absolute atomic E-state index is 13.2. The third-order valence-corrected chi connectivity index (χ3v) is 7.95. The highest BCUT2D eigenvalue weighted by Crippen LogP contribution is 2.37. The van der Waals surface area contributed by atoms with Crippen LogP contribution in [0.25, 0.3) is 11.1 Å². The lowest BCUT2D eigenvalue weighted by atomic mass is 10.0. The molecule has 1 heterocycles. The molecule has 3 aromatic carbocycles. The SMILES string of the molecule is CCOC(=O)c1c(-c2ccc(C)cc2)csc1NC(=O)C(C)Sc1cccc(NC(=O)c2cccc([N+](=O)[O-])c2)c1. The summed E-state index contributed by atoms with van der Waals surface area (Å²) in [5.41, 5.74) is 3.40. The van der Waals surface area contributed by atoms with Crippen molar-refractivity contribution in [2.45, 2.75) is 30.9 Å². The first-order valence-electron chi connectivity index (χ1n) is 12.6. The van der Waals surface area contributed by atoms with Crippen molar-refractivity contribution >= 4 is 57.3 Å². The van der Waals surface area contributed by atoms with Gasteiger partial charge < -0.3 is 15.4 Å². The van der Waals surface area contributed by atoms with Gasteiger partial charge in [-0.05, 0) is 50.6 Å². The van der Waals surface area contributed by atoms with Crippen molar-refractivity contribution in [1.82, 2.24) is 0 Å². The standard InChI is InChI=1S/C30H27N3O6S2/c1-4-39-30(36)26-25(20-13-11-18(2)12-14-20)17-40-29(26)32-27(34)19(3)41-24-10-6-8-22(16-24)31-28(35)21-7-5-9-23(15-21)33(37)38/h5-17,19H,4H2,1-3H3,(H,31,35)(H,32,34). The summed E-state index contributed by atoms with van der Waals surface area (Å²) in [5.74, 6) is -1.30. The summed E-state index contributed by atoms with van der Waals surface area (Å²) in [5, 5.41) is 18.3. The van der Waals surface area contributed by atoms with Gasteiger partial charge in [-0.2, -0.15) is 0 Å². The molecule has 0 spiro atoms. The highest BCUT2D eigenvalue weighted by atomic mass is 32.2. The van der Waals surface area contributed by atoms with E-state index in [0.717, 1.165) is 16.0 Å². The van der Waals surface area contributed by atoms with Gasteiger partial charge in [-0.25, -0.2) is 4.79 Å². The van der Waals surface area contributed by atoms with E-state index in [1.165, 1.54) is 47.4 Å². The Hall–Kier alpha value is -4.48. The van der Waals surface area contributed by atoms with Gasteiger partial charge in [-0.15, -0.1) is 23.1 Å². The van der Waals surface area contributed by atoms with Crippen LogP contribution in [0.5, 0.6) is 0 Å². The van der Waals surface area contributed by atoms with Crippen LogP contribution in [0.3, 0.4) is 0 Å². The van der Waals surface area contributed by atoms with E-state index in [2.05, 4.69) is 10.6 Å². The van der Waals surface area contributed by atoms with Gasteiger partial charge in [0.2, 0.25) is 5.91 Å². The number of non-ortho nitro benzene ring substituents is 1. The molecule has 210 valence electrons. The van der Waals surface area contributed by atoms with Gasteiger partial charge in [-0.3, -0.25) is 19.7 Å². The van der Waals surface area contributed by atoms with Gasteiger partial charge in [0.05, 0.1) is 16.8 Å². The average Bonchev–Trinajstić information content (AvgIpc) is 3.37. The zero-order valence-electron chi connectivity index (χ0n) is 22.5. The average molecular weight is 590 g/mol. The summed E-state index contributed by atoms with van der Waals surface area (Å²) in [6.45, 7) is 5.66. The van der Waals surface area contributed by atoms with E-state index in [4.69, 9.17) is 4.74 Å². The summed E-state index contributed by atoms with van der Waals surface area (Å²) >= 11 is 2.54. The second kappa shape index (κ2) is 13.2. The number of thioether (sulfide) groups is 1. The number of carbonyl (C=O) groups is 3. The summed E-state index contributed by atoms with van der Waals surface area (Å²) in [6.07, 6.45) is 0. The third-order valence-electron chi connectivity index (χ3n) is 5.96. The van der Waals surface area contributed by atoms with Crippen LogP contribution in [-0.2, 0) is 9.53 Å². The number of hydrogen-bond acceptors (Lipinski definition) is 8. The lowest BCUT2D eigenvalue weighted by Gasteiger charge is -2.14. The number of amides is 2. The molecule has 0 aliphatic heterocycles. The Labute approximate surface area is 245 Å². The number of rotatable bonds is 10. The number of nitro groups is 1. The fourth-order valence-electron chi connectivity index (χ4n) is 3.88. The van der Waals surface area contributed by atoms with E-state index >= 15 is 0 Å². The van der Waals surface area contributed by atoms with Gasteiger partial charge in [0.1, 0.15) is 10.6 Å². The molecular formula is C30H27N3O6S2. The maximum atomic E-state index is 13.2. The van der Waals surface area contributed by atoms with Crippen molar-refractivity contribution in [3.05, 3.63) is 105 Å². The molecule has 0 bridgehead atoms. The zero-order valence-corrected chi connectivity index (χ0v) is 24.1. The number of aryl methyl sites for hydroxylation is 1. The topological polar surface area (TPSA) is 128 Å². The molecule has 0 fully saturated rings. The van der Waals surface area contributed by atoms with Crippen LogP contribution in [0.4, 0.5) is 16.4 Å². The summed E-state index contributed by atoms with van der Waals surface area (Å²) in [6, 6.07) is 20.2. The zero-order chi connectivity index (χ0) is 29.5. The molecule has 11 heteroatoms. The Balaban J connectivity index is 1.46. The first-order valence-corrected chi connectivity index (χ1v) is 14.4. The number of benzene rings is 3. The minimum atomic E-state index is -0.560. The smallest absolute Gasteiger partial charge is 0.341 e. The second-order valence-corrected chi connectivity index (χ2v) is 11.3. The minimum absolute atomic E-state index is 0.156. The third kappa shape index (κ3) is 7.38. The Bertz CT molecular complexity index is 1600. The molecular weight excluding hydrogens is 562 g/mol. The van der Waals surface area contributed by atoms with Crippen molar-refractivity contribution in [3.8, 4) is 11.1 Å². The molecule has 0 saturated carbocycles. The highest BCUT2D eigenvalue weighted by molar-refractivity contribution is 8.00. The van der Waals surface area contributed by atoms with Gasteiger partial charge >= 0.3 is 5.97 Å². The van der Waals surface area contributed by atoms with Crippen molar-refractivity contribution in [2.24, 2.45) is 0 Å². The molecule has 0 aliphatic carbocycles. The highest BCUT2D eigenvalue weighted by Gasteiger charge is 2.25. The number of anilines is 2. The van der Waals surface area contributed by atoms with Crippen molar-refractivity contribution in [3.63, 3.8) is 0 Å². The van der Waals surface area contributed by atoms with Crippen LogP contribution in [0, 0.1) is 17.0 Å². The number of nitrogens with one attached hydrogen (secondary N) is 2. The molecule has 1 atom stereocenters. The lowest BCUT2D eigenvalue weighted by Crippen LogP contribution is -2.23. The van der Waals surface area contributed by atoms with Gasteiger partial charge in [-0.1, -0.05) is 42.0 Å². The van der Waals surface area contributed by atoms with E-state index in [0.29, 0.717) is 21.8 Å². The quantitative estimate of drug-likeness (QED) is 0.0868. The molecule has 1 aromatic heterocycles. The predicted octanol–water partition coefficient (Wildman–Crippen LogP) is 7.18. The number of nitro benzene ring substituents is 1. The normalized spacial score (nSPS) is 11.4. The summed E-state index contributed by atoms with van der Waals surface area (Å²) in [7, 11) is 0. The number of thiophene rings is 1. The number of ether oxygens (including phenoxy) is 1. The molecule has 1 unspecified atom stereocenters. The van der Waals surface area contributed by atoms with Crippen LogP contribution in [0.2, 0.25) is 0 Å². The first-order chi connectivity index (χ1) is 19.7. The van der Waals surface area contributed by atoms with Crippen molar-refractivity contribution in [1.29, 1.82) is 0 Å². The molecule has 4 rings (SSSR count). The van der Waals surface area contributed by atoms with E-state index in [9.17, 15) is 24.5 Å². The molecule has 0 aliphatic rings. The van der Waals surface area contributed by atoms with Crippen LogP contribution in [0.1, 0.15) is 40.1 Å². The fraction of sp³-hybridized carbons (Fsp3) is 0.167. The monoisotopic (exact) mass is 589 g/mol. The van der Waals surface area contributed by atoms with Gasteiger partial charge in [0, 0.05) is 39.2 Å². The lowest BCUT2D eigenvalue weighted by molar-refractivity contribution is -0.384. The van der Waals surface area contributed by atoms with Crippen LogP contribution >= 0.6 is 23.1 Å². The number of carbonyl (C=O) groups excluding carboxylic acids is 3. The molecule has 2 N–H and O–H groups in total. The van der Waals surface area contributed by atoms with Crippen molar-refractivity contribution < 1.29 is 24.0 Å². The largest absolute Gasteiger partial charge is 0.462 e. The first kappa shape index (κ1) is 29.5. The van der Waals surface area contributed by atoms with E-state index in [-0.39, 0.29) is 23.8 Å². The second-order valence-electron chi connectivity index (χ2n) is 8.98. The molecule has 2 amide bonds. The number of nitrogens with zero attached hydrogens (tertiary/aromatic N) is 1. The molecule has 0 radical (unpaired) electrons. The van der Waals surface area contributed by atoms with E-state index < -0.39 is 22.0 Å². The minimum Gasteiger partial charge on any atom is -0.462 e. The van der Waals surface area contributed by atoms with Gasteiger partial charge in [0.25, 0.3) is 11.6 Å². The van der Waals surface area contributed by atoms with E-state index in [1.54, 1.807) is 32.0 Å². The number of hydrogen-bond donors (Lipinski definition) is 2. The maximum Gasteiger partial charge on any atom is 0.341 e. The Morgan fingerprint density at radius 3 is 2.46 bits per heavy atom. The van der Waals surface area contributed by atoms with Crippen LogP contribution in [-0.4, -0.2) is 34.6 Å². The van der Waals surface area contributed by atoms with Crippen LogP contribution in [0.15, 0.2) is 83.1 Å². The van der Waals surface area contributed by atoms with Crippen LogP contribution < -0.4 is 10.6 Å². The molecule has 41 heavy (non-hydrogen) atoms. The van der Waals surface area contributed by atoms with E-state index in [1.807, 2.05) is 42.6 Å². The van der Waals surface area contributed by atoms with Crippen molar-refractivity contribution in [2.75, 3.05) is 17.2 Å². The Morgan fingerprint density at radius 2 is 1.76 bits per heavy atom. The number of esters is 1. The molecule has 9 nitrogen and oxygen atoms in total. The molecule has 0 saturated heterocycles.